The van der Waals surface area contributed by atoms with Crippen LogP contribution in [-0.2, 0) is 16.6 Å². The van der Waals surface area contributed by atoms with Crippen LogP contribution in [0.4, 0.5) is 4.39 Å². The highest BCUT2D eigenvalue weighted by atomic mass is 32.2. The molecular weight excluding hydrogens is 457 g/mol. The third-order valence-electron chi connectivity index (χ3n) is 5.77. The summed E-state index contributed by atoms with van der Waals surface area (Å²) in [6, 6.07) is 15.1. The van der Waals surface area contributed by atoms with Gasteiger partial charge in [0.25, 0.3) is 5.91 Å². The van der Waals surface area contributed by atoms with E-state index in [1.807, 2.05) is 0 Å². The maximum absolute atomic E-state index is 13.3. The number of amides is 1. The van der Waals surface area contributed by atoms with Crippen molar-refractivity contribution in [3.63, 3.8) is 0 Å². The van der Waals surface area contributed by atoms with Gasteiger partial charge in [0.2, 0.25) is 15.9 Å². The first kappa shape index (κ1) is 23.8. The minimum Gasteiger partial charge on any atom is -0.439 e. The smallest absolute Gasteiger partial charge is 0.251 e. The van der Waals surface area contributed by atoms with Gasteiger partial charge in [-0.15, -0.1) is 0 Å². The van der Waals surface area contributed by atoms with Crippen molar-refractivity contribution < 1.29 is 22.3 Å². The number of nitrogens with one attached hydrogen (secondary N) is 1. The fourth-order valence-electron chi connectivity index (χ4n) is 3.66. The van der Waals surface area contributed by atoms with E-state index >= 15 is 0 Å². The van der Waals surface area contributed by atoms with Gasteiger partial charge >= 0.3 is 0 Å². The third-order valence-corrected chi connectivity index (χ3v) is 7.68. The number of hydrogen-bond acceptors (Lipinski definition) is 5. The molecule has 1 fully saturated rings. The highest BCUT2D eigenvalue weighted by Crippen LogP contribution is 2.24. The van der Waals surface area contributed by atoms with Crippen LogP contribution in [0.25, 0.3) is 0 Å². The second-order valence-corrected chi connectivity index (χ2v) is 10.3. The fourth-order valence-corrected chi connectivity index (χ4v) is 5.13. The summed E-state index contributed by atoms with van der Waals surface area (Å²) in [5, 5.41) is 2.79. The van der Waals surface area contributed by atoms with Gasteiger partial charge in [-0.2, -0.15) is 4.31 Å². The fraction of sp³-hybridized carbons (Fsp3) is 0.280. The monoisotopic (exact) mass is 483 g/mol. The lowest BCUT2D eigenvalue weighted by molar-refractivity contribution is 0.0950. The largest absolute Gasteiger partial charge is 0.439 e. The minimum atomic E-state index is -3.55. The molecule has 2 aromatic carbocycles. The number of pyridine rings is 1. The van der Waals surface area contributed by atoms with E-state index in [2.05, 4.69) is 17.2 Å². The van der Waals surface area contributed by atoms with Crippen molar-refractivity contribution in [1.82, 2.24) is 14.6 Å². The Bertz CT molecular complexity index is 1240. The zero-order valence-corrected chi connectivity index (χ0v) is 19.6. The van der Waals surface area contributed by atoms with Crippen molar-refractivity contribution in [1.29, 1.82) is 0 Å². The topological polar surface area (TPSA) is 88.6 Å². The Kier molecular flexibility index (Phi) is 7.23. The summed E-state index contributed by atoms with van der Waals surface area (Å²) in [7, 11) is -3.55. The molecule has 0 atom stereocenters. The molecule has 0 spiro atoms. The SMILES string of the molecule is CC1CCN(S(=O)(=O)c2ccc(C(=O)NCc3ccc(Oc4cccc(F)c4)nc3)cc2)CC1. The molecule has 0 unspecified atom stereocenters. The van der Waals surface area contributed by atoms with E-state index < -0.39 is 15.8 Å². The molecule has 9 heteroatoms. The van der Waals surface area contributed by atoms with Crippen LogP contribution in [0.3, 0.4) is 0 Å². The van der Waals surface area contributed by atoms with E-state index in [-0.39, 0.29) is 17.3 Å². The lowest BCUT2D eigenvalue weighted by Gasteiger charge is -2.29. The zero-order valence-electron chi connectivity index (χ0n) is 18.8. The first-order chi connectivity index (χ1) is 16.3. The number of carbonyl (C=O) groups excluding carboxylic acids is 1. The number of carbonyl (C=O) groups is 1. The quantitative estimate of drug-likeness (QED) is 0.539. The number of hydrogen-bond donors (Lipinski definition) is 1. The molecule has 0 aliphatic carbocycles. The van der Waals surface area contributed by atoms with Crippen LogP contribution >= 0.6 is 0 Å². The number of piperidine rings is 1. The molecule has 7 nitrogen and oxygen atoms in total. The highest BCUT2D eigenvalue weighted by molar-refractivity contribution is 7.89. The molecule has 0 saturated carbocycles. The Morgan fingerprint density at radius 2 is 1.85 bits per heavy atom. The summed E-state index contributed by atoms with van der Waals surface area (Å²) in [5.41, 5.74) is 1.11. The summed E-state index contributed by atoms with van der Waals surface area (Å²) in [6.07, 6.45) is 3.27. The van der Waals surface area contributed by atoms with Crippen molar-refractivity contribution in [2.24, 2.45) is 5.92 Å². The van der Waals surface area contributed by atoms with Gasteiger partial charge in [-0.3, -0.25) is 4.79 Å². The molecule has 1 aliphatic heterocycles. The maximum atomic E-state index is 13.3. The molecule has 1 N–H and O–H groups in total. The van der Waals surface area contributed by atoms with Gasteiger partial charge in [-0.1, -0.05) is 19.1 Å². The number of sulfonamides is 1. The number of rotatable bonds is 7. The minimum absolute atomic E-state index is 0.191. The van der Waals surface area contributed by atoms with Crippen LogP contribution in [0.5, 0.6) is 11.6 Å². The van der Waals surface area contributed by atoms with E-state index in [0.29, 0.717) is 36.2 Å². The normalized spacial score (nSPS) is 15.1. The first-order valence-corrected chi connectivity index (χ1v) is 12.5. The summed E-state index contributed by atoms with van der Waals surface area (Å²) in [5.74, 6) is 0.457. The summed E-state index contributed by atoms with van der Waals surface area (Å²) in [4.78, 5) is 16.9. The number of nitrogens with zero attached hydrogens (tertiary/aromatic N) is 2. The van der Waals surface area contributed by atoms with Crippen molar-refractivity contribution in [3.8, 4) is 11.6 Å². The van der Waals surface area contributed by atoms with Crippen molar-refractivity contribution in [3.05, 3.63) is 83.8 Å². The van der Waals surface area contributed by atoms with Crippen LogP contribution in [0.1, 0.15) is 35.7 Å². The van der Waals surface area contributed by atoms with Crippen LogP contribution in [0.2, 0.25) is 0 Å². The Hall–Kier alpha value is -3.30. The lowest BCUT2D eigenvalue weighted by Crippen LogP contribution is -2.37. The van der Waals surface area contributed by atoms with E-state index in [0.717, 1.165) is 18.4 Å². The predicted molar refractivity (Wildman–Crippen MR) is 125 cm³/mol. The summed E-state index contributed by atoms with van der Waals surface area (Å²) in [6.45, 7) is 3.40. The van der Waals surface area contributed by atoms with Crippen molar-refractivity contribution in [2.45, 2.75) is 31.2 Å². The molecule has 1 aliphatic rings. The van der Waals surface area contributed by atoms with Gasteiger partial charge in [-0.25, -0.2) is 17.8 Å². The predicted octanol–water partition coefficient (Wildman–Crippen LogP) is 4.36. The molecule has 4 rings (SSSR count). The van der Waals surface area contributed by atoms with Crippen LogP contribution < -0.4 is 10.1 Å². The average Bonchev–Trinajstić information content (AvgIpc) is 2.84. The van der Waals surface area contributed by atoms with Gasteiger partial charge in [0.1, 0.15) is 11.6 Å². The van der Waals surface area contributed by atoms with E-state index in [9.17, 15) is 17.6 Å². The Morgan fingerprint density at radius 3 is 2.50 bits per heavy atom. The third kappa shape index (κ3) is 5.78. The second kappa shape index (κ2) is 10.3. The molecular formula is C25H26FN3O4S. The molecule has 34 heavy (non-hydrogen) atoms. The molecule has 1 saturated heterocycles. The molecule has 3 aromatic rings. The van der Waals surface area contributed by atoms with Crippen LogP contribution in [0, 0.1) is 11.7 Å². The molecule has 0 radical (unpaired) electrons. The molecule has 0 bridgehead atoms. The number of ether oxygens (including phenoxy) is 1. The molecule has 178 valence electrons. The van der Waals surface area contributed by atoms with Crippen molar-refractivity contribution >= 4 is 15.9 Å². The number of halogens is 1. The summed E-state index contributed by atoms with van der Waals surface area (Å²) >= 11 is 0. The van der Waals surface area contributed by atoms with E-state index in [1.165, 1.54) is 40.7 Å². The molecule has 1 amide bonds. The van der Waals surface area contributed by atoms with Crippen LogP contribution in [0.15, 0.2) is 71.8 Å². The maximum Gasteiger partial charge on any atom is 0.251 e. The lowest BCUT2D eigenvalue weighted by atomic mass is 10.0. The second-order valence-electron chi connectivity index (χ2n) is 8.36. The number of aromatic nitrogens is 1. The van der Waals surface area contributed by atoms with Crippen molar-refractivity contribution in [2.75, 3.05) is 13.1 Å². The highest BCUT2D eigenvalue weighted by Gasteiger charge is 2.28. The van der Waals surface area contributed by atoms with E-state index in [4.69, 9.17) is 4.74 Å². The average molecular weight is 484 g/mol. The van der Waals surface area contributed by atoms with Gasteiger partial charge in [-0.05, 0) is 60.7 Å². The standard InChI is InChI=1S/C25H26FN3O4S/c1-18-11-13-29(14-12-18)34(31,32)23-8-6-20(7-9-23)25(30)28-17-19-5-10-24(27-16-19)33-22-4-2-3-21(26)15-22/h2-10,15-16,18H,11-14,17H2,1H3,(H,28,30). The first-order valence-electron chi connectivity index (χ1n) is 11.1. The Balaban J connectivity index is 1.32. The Labute approximate surface area is 198 Å². The summed E-state index contributed by atoms with van der Waals surface area (Å²) < 4.78 is 45.9. The number of benzene rings is 2. The van der Waals surface area contributed by atoms with Gasteiger partial charge in [0, 0.05) is 43.5 Å². The molecule has 2 heterocycles. The van der Waals surface area contributed by atoms with E-state index in [1.54, 1.807) is 30.5 Å². The Morgan fingerprint density at radius 1 is 1.12 bits per heavy atom. The zero-order chi connectivity index (χ0) is 24.1. The van der Waals surface area contributed by atoms with Gasteiger partial charge < -0.3 is 10.1 Å². The van der Waals surface area contributed by atoms with Gasteiger partial charge in [0.15, 0.2) is 0 Å². The van der Waals surface area contributed by atoms with Gasteiger partial charge in [0.05, 0.1) is 4.90 Å². The van der Waals surface area contributed by atoms with Crippen LogP contribution in [-0.4, -0.2) is 36.7 Å². The molecule has 1 aromatic heterocycles.